The molecule has 0 aliphatic heterocycles. The summed E-state index contributed by atoms with van der Waals surface area (Å²) in [5.41, 5.74) is 3.68. The molecule has 0 fully saturated rings. The van der Waals surface area contributed by atoms with Crippen molar-refractivity contribution in [3.63, 3.8) is 0 Å². The minimum atomic E-state index is 0.112. The van der Waals surface area contributed by atoms with E-state index in [1.807, 2.05) is 36.4 Å². The highest BCUT2D eigenvalue weighted by molar-refractivity contribution is 5.76. The SMILES string of the molecule is [2H]c1ccc(-c2cccc(-c3ccc([2H])cc3O)c2)cc1. The van der Waals surface area contributed by atoms with Crippen molar-refractivity contribution < 1.29 is 7.85 Å². The molecule has 0 unspecified atom stereocenters. The van der Waals surface area contributed by atoms with Crippen LogP contribution in [0.1, 0.15) is 2.74 Å². The van der Waals surface area contributed by atoms with Crippen LogP contribution in [0.5, 0.6) is 5.75 Å². The zero-order valence-electron chi connectivity index (χ0n) is 12.3. The molecule has 0 amide bonds. The molecule has 0 atom stereocenters. The predicted octanol–water partition coefficient (Wildman–Crippen LogP) is 4.73. The number of rotatable bonds is 2. The lowest BCUT2D eigenvalue weighted by Gasteiger charge is -2.07. The molecule has 0 aliphatic rings. The molecule has 1 nitrogen and oxygen atoms in total. The van der Waals surface area contributed by atoms with Gasteiger partial charge in [0, 0.05) is 5.56 Å². The first-order valence-electron chi connectivity index (χ1n) is 7.10. The summed E-state index contributed by atoms with van der Waals surface area (Å²) in [5, 5.41) is 10.00. The van der Waals surface area contributed by atoms with Gasteiger partial charge in [-0.1, -0.05) is 66.7 Å². The molecule has 0 heterocycles. The number of hydrogen-bond acceptors (Lipinski definition) is 1. The lowest BCUT2D eigenvalue weighted by Crippen LogP contribution is -1.81. The van der Waals surface area contributed by atoms with E-state index in [0.717, 1.165) is 16.7 Å². The minimum absolute atomic E-state index is 0.112. The monoisotopic (exact) mass is 248 g/mol. The van der Waals surface area contributed by atoms with Gasteiger partial charge in [-0.05, 0) is 28.8 Å². The molecule has 0 saturated heterocycles. The fourth-order valence-corrected chi connectivity index (χ4v) is 2.11. The second kappa shape index (κ2) is 4.99. The number of para-hydroxylation sites is 1. The maximum Gasteiger partial charge on any atom is 0.123 e. The van der Waals surface area contributed by atoms with Crippen LogP contribution in [0, 0.1) is 0 Å². The molecule has 0 saturated carbocycles. The molecule has 1 N–H and O–H groups in total. The molecule has 1 heteroatoms. The molecule has 3 aromatic carbocycles. The Bertz CT molecular complexity index is 779. The van der Waals surface area contributed by atoms with Crippen LogP contribution in [0.4, 0.5) is 0 Å². The zero-order valence-corrected chi connectivity index (χ0v) is 10.3. The van der Waals surface area contributed by atoms with E-state index in [4.69, 9.17) is 2.74 Å². The summed E-state index contributed by atoms with van der Waals surface area (Å²) in [6.45, 7) is 0. The highest BCUT2D eigenvalue weighted by Crippen LogP contribution is 2.31. The second-order valence-electron chi connectivity index (χ2n) is 4.31. The highest BCUT2D eigenvalue weighted by atomic mass is 16.3. The third kappa shape index (κ3) is 2.36. The van der Waals surface area contributed by atoms with Gasteiger partial charge in [0.25, 0.3) is 0 Å². The maximum atomic E-state index is 10.00. The van der Waals surface area contributed by atoms with E-state index in [0.29, 0.717) is 17.6 Å². The molecular weight excluding hydrogens is 232 g/mol. The van der Waals surface area contributed by atoms with Crippen molar-refractivity contribution in [1.29, 1.82) is 0 Å². The summed E-state index contributed by atoms with van der Waals surface area (Å²) in [5.74, 6) is 0.112. The predicted molar refractivity (Wildman–Crippen MR) is 79.0 cm³/mol. The third-order valence-electron chi connectivity index (χ3n) is 3.07. The Kier molecular flexibility index (Phi) is 2.47. The fourth-order valence-electron chi connectivity index (χ4n) is 2.11. The molecule has 3 rings (SSSR count). The molecule has 92 valence electrons. The summed E-state index contributed by atoms with van der Waals surface area (Å²) < 4.78 is 15.0. The molecule has 0 aliphatic carbocycles. The van der Waals surface area contributed by atoms with E-state index in [1.54, 1.807) is 24.3 Å². The van der Waals surface area contributed by atoms with Crippen molar-refractivity contribution in [2.45, 2.75) is 0 Å². The number of hydrogen-bond donors (Lipinski definition) is 1. The Balaban J connectivity index is 2.05. The van der Waals surface area contributed by atoms with Gasteiger partial charge >= 0.3 is 0 Å². The summed E-state index contributed by atoms with van der Waals surface area (Å²) in [4.78, 5) is 0. The second-order valence-corrected chi connectivity index (χ2v) is 4.31. The summed E-state index contributed by atoms with van der Waals surface area (Å²) in [6.07, 6.45) is 0. The van der Waals surface area contributed by atoms with Crippen molar-refractivity contribution in [1.82, 2.24) is 0 Å². The van der Waals surface area contributed by atoms with Gasteiger partial charge in [-0.3, -0.25) is 0 Å². The third-order valence-corrected chi connectivity index (χ3v) is 3.07. The van der Waals surface area contributed by atoms with Gasteiger partial charge in [-0.15, -0.1) is 0 Å². The first-order valence-corrected chi connectivity index (χ1v) is 6.10. The van der Waals surface area contributed by atoms with E-state index in [9.17, 15) is 5.11 Å². The maximum absolute atomic E-state index is 10.00. The molecular formula is C18H14O. The van der Waals surface area contributed by atoms with Crippen molar-refractivity contribution in [3.05, 3.63) is 78.8 Å². The van der Waals surface area contributed by atoms with Gasteiger partial charge in [-0.25, -0.2) is 0 Å². The average molecular weight is 248 g/mol. The number of benzene rings is 3. The van der Waals surface area contributed by atoms with E-state index in [2.05, 4.69) is 0 Å². The van der Waals surface area contributed by atoms with Crippen LogP contribution in [-0.2, 0) is 0 Å². The van der Waals surface area contributed by atoms with Crippen LogP contribution >= 0.6 is 0 Å². The Labute approximate surface area is 115 Å². The number of aromatic hydroxyl groups is 1. The van der Waals surface area contributed by atoms with Gasteiger partial charge in [0.2, 0.25) is 0 Å². The molecule has 0 bridgehead atoms. The normalized spacial score (nSPS) is 11.8. The minimum Gasteiger partial charge on any atom is -0.507 e. The smallest absolute Gasteiger partial charge is 0.123 e. The van der Waals surface area contributed by atoms with E-state index in [1.165, 1.54) is 6.07 Å². The lowest BCUT2D eigenvalue weighted by atomic mass is 9.99. The van der Waals surface area contributed by atoms with Crippen LogP contribution in [0.25, 0.3) is 22.3 Å². The fraction of sp³-hybridized carbons (Fsp3) is 0. The standard InChI is InChI=1S/C18H14O/c19-18-12-5-4-11-17(18)16-10-6-9-15(13-16)14-7-2-1-3-8-14/h1-13,19H/i1D,5D. The molecule has 3 aromatic rings. The lowest BCUT2D eigenvalue weighted by molar-refractivity contribution is 0.477. The Morgan fingerprint density at radius 2 is 1.37 bits per heavy atom. The summed E-state index contributed by atoms with van der Waals surface area (Å²) in [7, 11) is 0. The van der Waals surface area contributed by atoms with Crippen LogP contribution in [-0.4, -0.2) is 5.11 Å². The molecule has 0 radical (unpaired) electrons. The van der Waals surface area contributed by atoms with Gasteiger partial charge in [0.15, 0.2) is 0 Å². The van der Waals surface area contributed by atoms with E-state index in [-0.39, 0.29) is 5.75 Å². The highest BCUT2D eigenvalue weighted by Gasteiger charge is 2.04. The van der Waals surface area contributed by atoms with Gasteiger partial charge in [0.1, 0.15) is 5.75 Å². The number of phenols is 1. The van der Waals surface area contributed by atoms with Crippen molar-refractivity contribution in [2.24, 2.45) is 0 Å². The van der Waals surface area contributed by atoms with Crippen LogP contribution < -0.4 is 0 Å². The van der Waals surface area contributed by atoms with Gasteiger partial charge in [-0.2, -0.15) is 0 Å². The Morgan fingerprint density at radius 3 is 2.16 bits per heavy atom. The molecule has 0 aromatic heterocycles. The summed E-state index contributed by atoms with van der Waals surface area (Å²) >= 11 is 0. The Morgan fingerprint density at radius 1 is 0.684 bits per heavy atom. The first-order chi connectivity index (χ1) is 10.1. The molecule has 19 heavy (non-hydrogen) atoms. The van der Waals surface area contributed by atoms with Gasteiger partial charge in [0.05, 0.1) is 2.74 Å². The van der Waals surface area contributed by atoms with E-state index >= 15 is 0 Å². The zero-order chi connectivity index (χ0) is 14.8. The van der Waals surface area contributed by atoms with Crippen LogP contribution in [0.15, 0.2) is 78.8 Å². The average Bonchev–Trinajstić information content (AvgIpc) is 2.48. The largest absolute Gasteiger partial charge is 0.507 e. The van der Waals surface area contributed by atoms with E-state index < -0.39 is 0 Å². The summed E-state index contributed by atoms with van der Waals surface area (Å²) in [6, 6.07) is 20.8. The molecule has 0 spiro atoms. The van der Waals surface area contributed by atoms with Crippen molar-refractivity contribution in [3.8, 4) is 28.0 Å². The van der Waals surface area contributed by atoms with Crippen LogP contribution in [0.2, 0.25) is 0 Å². The number of phenolic OH excluding ortho intramolecular Hbond substituents is 1. The van der Waals surface area contributed by atoms with Crippen LogP contribution in [0.3, 0.4) is 0 Å². The van der Waals surface area contributed by atoms with Gasteiger partial charge < -0.3 is 5.11 Å². The first kappa shape index (κ1) is 9.40. The van der Waals surface area contributed by atoms with Crippen molar-refractivity contribution >= 4 is 0 Å². The Hall–Kier alpha value is -2.54. The quantitative estimate of drug-likeness (QED) is 0.695. The topological polar surface area (TPSA) is 20.2 Å². The van der Waals surface area contributed by atoms with Crippen molar-refractivity contribution in [2.75, 3.05) is 0 Å².